The third-order valence-electron chi connectivity index (χ3n) is 9.16. The molecule has 4 aromatic carbocycles. The molecule has 6 N–H and O–H groups in total. The number of likely N-dealkylation sites (N-methyl/N-ethyl adjacent to an activating group) is 1. The molecular weight excluding hydrogens is 632 g/mol. The Morgan fingerprint density at radius 3 is 2.12 bits per heavy atom. The minimum Gasteiger partial charge on any atom is -0.397 e. The molecule has 2 amide bonds. The number of ether oxygens (including phenoxy) is 2. The molecule has 0 radical (unpaired) electrons. The highest BCUT2D eigenvalue weighted by Crippen LogP contribution is 2.38. The third-order valence-corrected chi connectivity index (χ3v) is 9.16. The number of hydrogen-bond acceptors (Lipinski definition) is 8. The number of hydrogen-bond donors (Lipinski definition) is 5. The predicted molar refractivity (Wildman–Crippen MR) is 195 cm³/mol. The van der Waals surface area contributed by atoms with Gasteiger partial charge in [0.05, 0.1) is 36.3 Å². The van der Waals surface area contributed by atoms with Crippen molar-refractivity contribution in [2.45, 2.75) is 76.3 Å². The average molecular weight is 681 g/mol. The van der Waals surface area contributed by atoms with Crippen molar-refractivity contribution in [3.8, 4) is 0 Å². The molecule has 1 aliphatic rings. The van der Waals surface area contributed by atoms with Crippen molar-refractivity contribution in [3.63, 3.8) is 0 Å². The molecule has 50 heavy (non-hydrogen) atoms. The van der Waals surface area contributed by atoms with Crippen LogP contribution >= 0.6 is 0 Å². The largest absolute Gasteiger partial charge is 0.397 e. The number of nitrogens with one attached hydrogen (secondary N) is 2. The summed E-state index contributed by atoms with van der Waals surface area (Å²) in [6, 6.07) is 31.8. The Hall–Kier alpha value is -4.58. The van der Waals surface area contributed by atoms with Crippen LogP contribution in [0.3, 0.4) is 0 Å². The van der Waals surface area contributed by atoms with Gasteiger partial charge in [0.15, 0.2) is 6.29 Å². The fourth-order valence-electron chi connectivity index (χ4n) is 6.03. The predicted octanol–water partition coefficient (Wildman–Crippen LogP) is 6.50. The van der Waals surface area contributed by atoms with Gasteiger partial charge in [0.25, 0.3) is 0 Å². The van der Waals surface area contributed by atoms with Crippen LogP contribution in [-0.2, 0) is 25.7 Å². The van der Waals surface area contributed by atoms with Crippen LogP contribution in [-0.4, -0.2) is 52.7 Å². The number of unbranched alkanes of at least 4 members (excludes halogenated alkanes) is 1. The van der Waals surface area contributed by atoms with Gasteiger partial charge < -0.3 is 36.1 Å². The maximum Gasteiger partial charge on any atom is 0.224 e. The van der Waals surface area contributed by atoms with Crippen molar-refractivity contribution in [1.82, 2.24) is 4.90 Å². The normalized spacial score (nSPS) is 18.7. The number of nitrogens with two attached hydrogens (primary N) is 1. The quantitative estimate of drug-likeness (QED) is 0.0707. The summed E-state index contributed by atoms with van der Waals surface area (Å²) in [6.07, 6.45) is 0.604. The lowest BCUT2D eigenvalue weighted by molar-refractivity contribution is -0.253. The fourth-order valence-corrected chi connectivity index (χ4v) is 6.03. The molecule has 0 aliphatic carbocycles. The number of aliphatic hydroxyl groups is 2. The molecule has 4 aromatic rings. The van der Waals surface area contributed by atoms with E-state index in [-0.39, 0.29) is 36.7 Å². The molecule has 1 fully saturated rings. The minimum atomic E-state index is -0.652. The molecule has 0 bridgehead atoms. The number of anilines is 3. The second kappa shape index (κ2) is 17.9. The van der Waals surface area contributed by atoms with E-state index in [9.17, 15) is 19.8 Å². The average Bonchev–Trinajstić information content (AvgIpc) is 3.14. The molecule has 5 atom stereocenters. The Bertz CT molecular complexity index is 1670. The van der Waals surface area contributed by atoms with Crippen molar-refractivity contribution >= 4 is 28.9 Å². The van der Waals surface area contributed by atoms with Crippen LogP contribution in [0, 0.1) is 0 Å². The number of benzene rings is 4. The lowest BCUT2D eigenvalue weighted by Gasteiger charge is -2.39. The van der Waals surface area contributed by atoms with Gasteiger partial charge in [-0.3, -0.25) is 14.5 Å². The Morgan fingerprint density at radius 2 is 1.46 bits per heavy atom. The number of nitrogen functional groups attached to an aromatic ring is 1. The van der Waals surface area contributed by atoms with Gasteiger partial charge in [-0.15, -0.1) is 0 Å². The Labute approximate surface area is 294 Å². The molecule has 5 rings (SSSR count). The first-order valence-corrected chi connectivity index (χ1v) is 17.2. The second-order valence-electron chi connectivity index (χ2n) is 12.9. The van der Waals surface area contributed by atoms with E-state index in [0.717, 1.165) is 22.3 Å². The summed E-state index contributed by atoms with van der Waals surface area (Å²) >= 11 is 0. The Kier molecular flexibility index (Phi) is 13.1. The smallest absolute Gasteiger partial charge is 0.224 e. The van der Waals surface area contributed by atoms with E-state index in [4.69, 9.17) is 15.2 Å². The summed E-state index contributed by atoms with van der Waals surface area (Å²) in [5, 5.41) is 26.3. The van der Waals surface area contributed by atoms with Gasteiger partial charge in [-0.2, -0.15) is 0 Å². The van der Waals surface area contributed by atoms with E-state index in [1.54, 1.807) is 12.1 Å². The van der Waals surface area contributed by atoms with Gasteiger partial charge in [0.1, 0.15) is 0 Å². The van der Waals surface area contributed by atoms with E-state index in [2.05, 4.69) is 15.5 Å². The van der Waals surface area contributed by atoms with Crippen LogP contribution in [0.4, 0.5) is 17.1 Å². The molecule has 1 heterocycles. The zero-order valence-electron chi connectivity index (χ0n) is 28.7. The van der Waals surface area contributed by atoms with Crippen molar-refractivity contribution in [1.29, 1.82) is 0 Å². The highest BCUT2D eigenvalue weighted by molar-refractivity contribution is 5.94. The Balaban J connectivity index is 1.17. The van der Waals surface area contributed by atoms with Crippen LogP contribution in [0.5, 0.6) is 0 Å². The Morgan fingerprint density at radius 1 is 0.840 bits per heavy atom. The number of aliphatic hydroxyl groups excluding tert-OH is 2. The first-order valence-electron chi connectivity index (χ1n) is 17.2. The molecule has 0 saturated carbocycles. The summed E-state index contributed by atoms with van der Waals surface area (Å²) in [4.78, 5) is 27.0. The van der Waals surface area contributed by atoms with Gasteiger partial charge in [-0.25, -0.2) is 0 Å². The highest BCUT2D eigenvalue weighted by Gasteiger charge is 2.34. The molecular formula is C40H48N4O6. The topological polar surface area (TPSA) is 146 Å². The molecule has 264 valence electrons. The van der Waals surface area contributed by atoms with E-state index in [0.29, 0.717) is 55.7 Å². The third kappa shape index (κ3) is 10.2. The number of nitrogens with zero attached hydrogens (tertiary/aromatic N) is 1. The summed E-state index contributed by atoms with van der Waals surface area (Å²) in [5.41, 5.74) is 11.1. The fraction of sp³-hybridized carbons (Fsp3) is 0.350. The van der Waals surface area contributed by atoms with Crippen LogP contribution in [0.1, 0.15) is 79.8 Å². The van der Waals surface area contributed by atoms with E-state index < -0.39 is 12.4 Å². The van der Waals surface area contributed by atoms with E-state index >= 15 is 0 Å². The zero-order chi connectivity index (χ0) is 35.5. The van der Waals surface area contributed by atoms with Gasteiger partial charge in [0, 0.05) is 43.1 Å². The number of carbonyl (C=O) groups excluding carboxylic acids is 2. The van der Waals surface area contributed by atoms with Gasteiger partial charge in [0.2, 0.25) is 11.8 Å². The molecule has 0 unspecified atom stereocenters. The molecule has 0 aromatic heterocycles. The SMILES string of the molecule is C[C@@H]([C@H](O)c1ccccc1)N(C)C[C@@H]1C[C@H](c2ccc(CO)cc2)O[C@H](c2ccc(NC(=O)CCCCC(=O)Nc3ccccc3N)cc2)O1. The lowest BCUT2D eigenvalue weighted by atomic mass is 9.98. The second-order valence-corrected chi connectivity index (χ2v) is 12.9. The van der Waals surface area contributed by atoms with Crippen molar-refractivity contribution in [2.75, 3.05) is 30.0 Å². The first-order chi connectivity index (χ1) is 24.2. The first kappa shape index (κ1) is 36.7. The number of amides is 2. The van der Waals surface area contributed by atoms with Crippen LogP contribution < -0.4 is 16.4 Å². The van der Waals surface area contributed by atoms with Crippen LogP contribution in [0.15, 0.2) is 103 Å². The summed E-state index contributed by atoms with van der Waals surface area (Å²) in [5.74, 6) is -0.263. The minimum absolute atomic E-state index is 0.0304. The van der Waals surface area contributed by atoms with Crippen molar-refractivity contribution in [2.24, 2.45) is 0 Å². The van der Waals surface area contributed by atoms with Gasteiger partial charge in [-0.1, -0.05) is 78.9 Å². The van der Waals surface area contributed by atoms with Crippen LogP contribution in [0.25, 0.3) is 0 Å². The highest BCUT2D eigenvalue weighted by atomic mass is 16.7. The molecule has 1 saturated heterocycles. The molecule has 10 heteroatoms. The number of para-hydroxylation sites is 2. The maximum absolute atomic E-state index is 12.6. The maximum atomic E-state index is 12.6. The van der Waals surface area contributed by atoms with Crippen LogP contribution in [0.2, 0.25) is 0 Å². The molecule has 1 aliphatic heterocycles. The lowest BCUT2D eigenvalue weighted by Crippen LogP contribution is -2.43. The molecule has 10 nitrogen and oxygen atoms in total. The summed E-state index contributed by atoms with van der Waals surface area (Å²) in [7, 11) is 1.99. The molecule has 0 spiro atoms. The number of rotatable bonds is 15. The standard InChI is InChI=1S/C40H48N4O6/c1-27(39(48)30-10-4-3-5-11-30)44(2)25-33-24-36(29-18-16-28(26-45)17-19-29)50-40(49-33)31-20-22-32(23-21-31)42-37(46)14-8-9-15-38(47)43-35-13-7-6-12-34(35)41/h3-7,10-13,16-23,27,33,36,39-40,45,48H,8-9,14-15,24-26,41H2,1-2H3,(H,42,46)(H,43,47)/t27-,33-,36+,39-,40+/m0/s1. The van der Waals surface area contributed by atoms with E-state index in [1.807, 2.05) is 105 Å². The summed E-state index contributed by atoms with van der Waals surface area (Å²) in [6.45, 7) is 2.55. The number of carbonyl (C=O) groups is 2. The summed E-state index contributed by atoms with van der Waals surface area (Å²) < 4.78 is 13.0. The zero-order valence-corrected chi connectivity index (χ0v) is 28.7. The van der Waals surface area contributed by atoms with Crippen molar-refractivity contribution < 1.29 is 29.3 Å². The van der Waals surface area contributed by atoms with Crippen molar-refractivity contribution in [3.05, 3.63) is 125 Å². The van der Waals surface area contributed by atoms with E-state index in [1.165, 1.54) is 0 Å². The van der Waals surface area contributed by atoms with Gasteiger partial charge in [-0.05, 0) is 67.8 Å². The van der Waals surface area contributed by atoms with Gasteiger partial charge >= 0.3 is 0 Å². The monoisotopic (exact) mass is 680 g/mol.